The molecule has 4 heteroatoms. The highest BCUT2D eigenvalue weighted by molar-refractivity contribution is 7.09. The molecular formula is C17H22N2OS. The van der Waals surface area contributed by atoms with Gasteiger partial charge in [-0.3, -0.25) is 0 Å². The van der Waals surface area contributed by atoms with Gasteiger partial charge in [-0.2, -0.15) is 0 Å². The van der Waals surface area contributed by atoms with E-state index < -0.39 is 0 Å². The SMILES string of the molecule is CNC(Cc1nc(-c2ccccc2)cs1)C1COC(C)C1. The lowest BCUT2D eigenvalue weighted by Crippen LogP contribution is -2.36. The van der Waals surface area contributed by atoms with Gasteiger partial charge in [-0.25, -0.2) is 4.98 Å². The predicted octanol–water partition coefficient (Wildman–Crippen LogP) is 3.37. The van der Waals surface area contributed by atoms with Crippen molar-refractivity contribution in [3.05, 3.63) is 40.7 Å². The topological polar surface area (TPSA) is 34.2 Å². The lowest BCUT2D eigenvalue weighted by atomic mass is 9.95. The zero-order valence-electron chi connectivity index (χ0n) is 12.6. The van der Waals surface area contributed by atoms with E-state index >= 15 is 0 Å². The van der Waals surface area contributed by atoms with Crippen LogP contribution in [0.2, 0.25) is 0 Å². The standard InChI is InChI=1S/C17H22N2OS/c1-12-8-14(10-20-12)15(18-2)9-17-19-16(11-21-17)13-6-4-3-5-7-13/h3-7,11-12,14-15,18H,8-10H2,1-2H3. The van der Waals surface area contributed by atoms with Gasteiger partial charge in [0, 0.05) is 29.3 Å². The summed E-state index contributed by atoms with van der Waals surface area (Å²) in [5.41, 5.74) is 2.28. The average Bonchev–Trinajstić information content (AvgIpc) is 3.15. The lowest BCUT2D eigenvalue weighted by Gasteiger charge is -2.20. The molecule has 1 aromatic carbocycles. The molecule has 3 nitrogen and oxygen atoms in total. The van der Waals surface area contributed by atoms with Crippen LogP contribution in [0.4, 0.5) is 0 Å². The first-order valence-electron chi connectivity index (χ1n) is 7.55. The molecule has 0 radical (unpaired) electrons. The Balaban J connectivity index is 1.68. The van der Waals surface area contributed by atoms with Crippen LogP contribution in [-0.2, 0) is 11.2 Å². The van der Waals surface area contributed by atoms with E-state index in [2.05, 4.69) is 41.9 Å². The van der Waals surface area contributed by atoms with E-state index in [0.717, 1.165) is 25.1 Å². The highest BCUT2D eigenvalue weighted by Gasteiger charge is 2.29. The van der Waals surface area contributed by atoms with Crippen molar-refractivity contribution < 1.29 is 4.74 Å². The summed E-state index contributed by atoms with van der Waals surface area (Å²) in [6.45, 7) is 3.02. The third-order valence-corrected chi connectivity index (χ3v) is 5.06. The van der Waals surface area contributed by atoms with Gasteiger partial charge in [0.2, 0.25) is 0 Å². The fraction of sp³-hybridized carbons (Fsp3) is 0.471. The van der Waals surface area contributed by atoms with Crippen molar-refractivity contribution in [1.82, 2.24) is 10.3 Å². The largest absolute Gasteiger partial charge is 0.378 e. The number of likely N-dealkylation sites (N-methyl/N-ethyl adjacent to an activating group) is 1. The molecule has 1 aliphatic rings. The molecule has 0 spiro atoms. The number of nitrogens with one attached hydrogen (secondary N) is 1. The van der Waals surface area contributed by atoms with Gasteiger partial charge in [0.05, 0.1) is 23.4 Å². The molecule has 21 heavy (non-hydrogen) atoms. The van der Waals surface area contributed by atoms with Crippen molar-refractivity contribution in [3.8, 4) is 11.3 Å². The number of hydrogen-bond acceptors (Lipinski definition) is 4. The average molecular weight is 302 g/mol. The van der Waals surface area contributed by atoms with Crippen molar-refractivity contribution in [3.63, 3.8) is 0 Å². The van der Waals surface area contributed by atoms with E-state index in [1.165, 1.54) is 10.6 Å². The summed E-state index contributed by atoms with van der Waals surface area (Å²) in [6, 6.07) is 10.8. The Morgan fingerprint density at radius 1 is 1.38 bits per heavy atom. The summed E-state index contributed by atoms with van der Waals surface area (Å²) in [7, 11) is 2.04. The minimum absolute atomic E-state index is 0.391. The molecule has 3 atom stereocenters. The number of benzene rings is 1. The number of thiazole rings is 1. The minimum Gasteiger partial charge on any atom is -0.378 e. The van der Waals surface area contributed by atoms with Crippen LogP contribution < -0.4 is 5.32 Å². The van der Waals surface area contributed by atoms with Crippen LogP contribution in [0.15, 0.2) is 35.7 Å². The lowest BCUT2D eigenvalue weighted by molar-refractivity contribution is 0.117. The first-order chi connectivity index (χ1) is 10.3. The highest BCUT2D eigenvalue weighted by atomic mass is 32.1. The van der Waals surface area contributed by atoms with Crippen LogP contribution in [0.5, 0.6) is 0 Å². The Hall–Kier alpha value is -1.23. The van der Waals surface area contributed by atoms with Gasteiger partial charge in [0.15, 0.2) is 0 Å². The Kier molecular flexibility index (Phi) is 4.68. The molecule has 1 saturated heterocycles. The van der Waals surface area contributed by atoms with Gasteiger partial charge in [0.1, 0.15) is 0 Å². The third-order valence-electron chi connectivity index (χ3n) is 4.19. The molecule has 3 rings (SSSR count). The molecule has 0 aliphatic carbocycles. The molecule has 0 saturated carbocycles. The second-order valence-electron chi connectivity index (χ2n) is 5.73. The summed E-state index contributed by atoms with van der Waals surface area (Å²) < 4.78 is 5.70. The number of ether oxygens (including phenoxy) is 1. The van der Waals surface area contributed by atoms with Crippen molar-refractivity contribution in [2.24, 2.45) is 5.92 Å². The molecule has 112 valence electrons. The van der Waals surface area contributed by atoms with Gasteiger partial charge in [-0.05, 0) is 20.4 Å². The van der Waals surface area contributed by atoms with Crippen molar-refractivity contribution in [2.75, 3.05) is 13.7 Å². The Morgan fingerprint density at radius 2 is 2.19 bits per heavy atom. The van der Waals surface area contributed by atoms with Crippen LogP contribution in [-0.4, -0.2) is 30.8 Å². The monoisotopic (exact) mass is 302 g/mol. The van der Waals surface area contributed by atoms with Crippen molar-refractivity contribution in [2.45, 2.75) is 31.9 Å². The summed E-state index contributed by atoms with van der Waals surface area (Å²) in [5.74, 6) is 0.592. The normalized spacial score (nSPS) is 23.3. The maximum absolute atomic E-state index is 5.70. The number of hydrogen-bond donors (Lipinski definition) is 1. The maximum atomic E-state index is 5.70. The molecule has 3 unspecified atom stereocenters. The van der Waals surface area contributed by atoms with Crippen LogP contribution in [0, 0.1) is 5.92 Å². The van der Waals surface area contributed by atoms with Gasteiger partial charge in [-0.1, -0.05) is 30.3 Å². The van der Waals surface area contributed by atoms with Gasteiger partial charge >= 0.3 is 0 Å². The smallest absolute Gasteiger partial charge is 0.0948 e. The Labute approximate surface area is 130 Å². The fourth-order valence-electron chi connectivity index (χ4n) is 2.97. The number of rotatable bonds is 5. The van der Waals surface area contributed by atoms with Crippen molar-refractivity contribution >= 4 is 11.3 Å². The van der Waals surface area contributed by atoms with E-state index in [1.807, 2.05) is 13.1 Å². The van der Waals surface area contributed by atoms with E-state index in [0.29, 0.717) is 18.1 Å². The highest BCUT2D eigenvalue weighted by Crippen LogP contribution is 2.27. The molecule has 1 N–H and O–H groups in total. The maximum Gasteiger partial charge on any atom is 0.0948 e. The number of aromatic nitrogens is 1. The van der Waals surface area contributed by atoms with Gasteiger partial charge < -0.3 is 10.1 Å². The van der Waals surface area contributed by atoms with E-state index in [-0.39, 0.29) is 0 Å². The summed E-state index contributed by atoms with van der Waals surface area (Å²) in [5, 5.41) is 6.81. The van der Waals surface area contributed by atoms with E-state index in [1.54, 1.807) is 11.3 Å². The van der Waals surface area contributed by atoms with Crippen LogP contribution in [0.25, 0.3) is 11.3 Å². The second-order valence-corrected chi connectivity index (χ2v) is 6.67. The van der Waals surface area contributed by atoms with Crippen molar-refractivity contribution in [1.29, 1.82) is 0 Å². The van der Waals surface area contributed by atoms with Crippen LogP contribution >= 0.6 is 11.3 Å². The molecule has 2 heterocycles. The molecular weight excluding hydrogens is 280 g/mol. The summed E-state index contributed by atoms with van der Waals surface area (Å²) in [4.78, 5) is 4.80. The third kappa shape index (κ3) is 3.51. The summed E-state index contributed by atoms with van der Waals surface area (Å²) >= 11 is 1.76. The first kappa shape index (κ1) is 14.7. The molecule has 1 fully saturated rings. The van der Waals surface area contributed by atoms with E-state index in [4.69, 9.17) is 9.72 Å². The van der Waals surface area contributed by atoms with Gasteiger partial charge in [-0.15, -0.1) is 11.3 Å². The second kappa shape index (κ2) is 6.69. The minimum atomic E-state index is 0.391. The quantitative estimate of drug-likeness (QED) is 0.919. The summed E-state index contributed by atoms with van der Waals surface area (Å²) in [6.07, 6.45) is 2.51. The zero-order valence-corrected chi connectivity index (χ0v) is 13.4. The van der Waals surface area contributed by atoms with Gasteiger partial charge in [0.25, 0.3) is 0 Å². The predicted molar refractivity (Wildman–Crippen MR) is 87.6 cm³/mol. The molecule has 0 bridgehead atoms. The molecule has 1 aliphatic heterocycles. The Bertz CT molecular complexity index is 569. The Morgan fingerprint density at radius 3 is 2.86 bits per heavy atom. The zero-order chi connectivity index (χ0) is 14.7. The number of nitrogens with zero attached hydrogens (tertiary/aromatic N) is 1. The molecule has 1 aromatic heterocycles. The first-order valence-corrected chi connectivity index (χ1v) is 8.43. The molecule has 2 aromatic rings. The van der Waals surface area contributed by atoms with Crippen LogP contribution in [0.1, 0.15) is 18.4 Å². The van der Waals surface area contributed by atoms with Crippen LogP contribution in [0.3, 0.4) is 0 Å². The molecule has 0 amide bonds. The van der Waals surface area contributed by atoms with E-state index in [9.17, 15) is 0 Å². The fourth-order valence-corrected chi connectivity index (χ4v) is 3.83.